The Balaban J connectivity index is 0.000000386. The summed E-state index contributed by atoms with van der Waals surface area (Å²) in [6.45, 7) is 15.1. The molecule has 12 nitrogen and oxygen atoms in total. The van der Waals surface area contributed by atoms with E-state index in [9.17, 15) is 14.4 Å². The molecular formula is C50H65N7O5S. The number of aldehydes is 1. The van der Waals surface area contributed by atoms with Crippen LogP contribution in [0.5, 0.6) is 0 Å². The second-order valence-electron chi connectivity index (χ2n) is 14.2. The fourth-order valence-electron chi connectivity index (χ4n) is 7.90. The van der Waals surface area contributed by atoms with E-state index in [-0.39, 0.29) is 11.9 Å². The van der Waals surface area contributed by atoms with E-state index >= 15 is 0 Å². The van der Waals surface area contributed by atoms with Crippen LogP contribution in [0.2, 0.25) is 0 Å². The topological polar surface area (TPSA) is 153 Å². The van der Waals surface area contributed by atoms with Crippen LogP contribution in [-0.4, -0.2) is 80.2 Å². The molecule has 6 aromatic rings. The maximum Gasteiger partial charge on any atom is 0.407 e. The maximum absolute atomic E-state index is 13.8. The van der Waals surface area contributed by atoms with Crippen LogP contribution in [0.15, 0.2) is 97.5 Å². The number of aromatic nitrogens is 4. The molecule has 63 heavy (non-hydrogen) atoms. The van der Waals surface area contributed by atoms with Gasteiger partial charge in [-0.1, -0.05) is 102 Å². The first-order chi connectivity index (χ1) is 30.9. The number of hydrogen-bond acceptors (Lipinski definition) is 8. The fourth-order valence-corrected chi connectivity index (χ4v) is 8.91. The van der Waals surface area contributed by atoms with Crippen molar-refractivity contribution in [3.8, 4) is 32.1 Å². The molecule has 0 saturated carbocycles. The number of likely N-dealkylation sites (tertiary alicyclic amines) is 1. The summed E-state index contributed by atoms with van der Waals surface area (Å²) >= 11 is 1.74. The quantitative estimate of drug-likeness (QED) is 0.135. The number of fused-ring (bicyclic) bond motifs is 2. The van der Waals surface area contributed by atoms with Gasteiger partial charge in [-0.15, -0.1) is 11.3 Å². The van der Waals surface area contributed by atoms with Crippen LogP contribution >= 0.6 is 11.3 Å². The number of imidazole rings is 2. The molecule has 3 fully saturated rings. The van der Waals surface area contributed by atoms with E-state index in [2.05, 4.69) is 73.7 Å². The lowest BCUT2D eigenvalue weighted by molar-refractivity contribution is -0.135. The maximum atomic E-state index is 13.8. The molecule has 0 bridgehead atoms. The van der Waals surface area contributed by atoms with Gasteiger partial charge in [-0.05, 0) is 92.0 Å². The van der Waals surface area contributed by atoms with Crippen LogP contribution in [-0.2, 0) is 19.1 Å². The number of alkyl carbamates (subject to hydrolysis) is 1. The number of H-pyrrole nitrogens is 2. The summed E-state index contributed by atoms with van der Waals surface area (Å²) in [6, 6.07) is 27.8. The average Bonchev–Trinajstić information content (AvgIpc) is 4.20. The van der Waals surface area contributed by atoms with E-state index in [4.69, 9.17) is 14.5 Å². The minimum atomic E-state index is -0.852. The first-order valence-electron chi connectivity index (χ1n) is 22.4. The van der Waals surface area contributed by atoms with Crippen molar-refractivity contribution >= 4 is 46.6 Å². The molecule has 3 aromatic heterocycles. The summed E-state index contributed by atoms with van der Waals surface area (Å²) in [5.74, 6) is 0.958. The Morgan fingerprint density at radius 3 is 2.13 bits per heavy atom. The van der Waals surface area contributed by atoms with Gasteiger partial charge in [0.15, 0.2) is 0 Å². The van der Waals surface area contributed by atoms with Crippen molar-refractivity contribution in [1.29, 1.82) is 0 Å². The van der Waals surface area contributed by atoms with Crippen molar-refractivity contribution in [3.05, 3.63) is 109 Å². The number of carbonyl (C=O) groups excluding carboxylic acids is 4. The van der Waals surface area contributed by atoms with Gasteiger partial charge in [-0.2, -0.15) is 0 Å². The number of thiophene rings is 1. The normalized spacial score (nSPS) is 16.4. The zero-order chi connectivity index (χ0) is 45.7. The Hall–Kier alpha value is -6.08. The molecule has 336 valence electrons. The molecule has 6 heterocycles. The molecule has 0 spiro atoms. The third-order valence-electron chi connectivity index (χ3n) is 10.7. The van der Waals surface area contributed by atoms with Crippen molar-refractivity contribution in [1.82, 2.24) is 35.1 Å². The fraction of sp³-hybridized carbons (Fsp3) is 0.400. The smallest absolute Gasteiger partial charge is 0.407 e. The van der Waals surface area contributed by atoms with Crippen LogP contribution in [0.3, 0.4) is 0 Å². The van der Waals surface area contributed by atoms with E-state index in [0.29, 0.717) is 24.1 Å². The van der Waals surface area contributed by atoms with Gasteiger partial charge in [0.2, 0.25) is 5.91 Å². The van der Waals surface area contributed by atoms with E-state index < -0.39 is 12.1 Å². The number of nitrogens with one attached hydrogen (secondary N) is 3. The summed E-state index contributed by atoms with van der Waals surface area (Å²) in [4.78, 5) is 67.9. The van der Waals surface area contributed by atoms with Crippen LogP contribution in [0, 0.1) is 0 Å². The molecule has 13 heteroatoms. The van der Waals surface area contributed by atoms with Gasteiger partial charge in [-0.25, -0.2) is 14.8 Å². The molecule has 3 saturated heterocycles. The van der Waals surface area contributed by atoms with Crippen LogP contribution in [0.4, 0.5) is 4.79 Å². The monoisotopic (exact) mass is 875 g/mol. The summed E-state index contributed by atoms with van der Waals surface area (Å²) in [7, 11) is 1.29. The zero-order valence-electron chi connectivity index (χ0n) is 38.1. The number of amides is 3. The molecule has 3 aromatic carbocycles. The first kappa shape index (κ1) is 49.6. The molecule has 3 amide bonds. The number of benzene rings is 3. The third kappa shape index (κ3) is 12.8. The lowest BCUT2D eigenvalue weighted by Gasteiger charge is -2.29. The number of nitrogens with zero attached hydrogens (tertiary/aromatic N) is 4. The highest BCUT2D eigenvalue weighted by Crippen LogP contribution is 2.38. The highest BCUT2D eigenvalue weighted by molar-refractivity contribution is 7.18. The molecule has 3 aliphatic heterocycles. The van der Waals surface area contributed by atoms with Crippen molar-refractivity contribution in [2.45, 2.75) is 112 Å². The predicted molar refractivity (Wildman–Crippen MR) is 255 cm³/mol. The number of hydrogen-bond donors (Lipinski definition) is 3. The molecule has 3 atom stereocenters. The molecule has 3 N–H and O–H groups in total. The van der Waals surface area contributed by atoms with Gasteiger partial charge >= 0.3 is 6.09 Å². The van der Waals surface area contributed by atoms with Crippen LogP contribution < -0.4 is 5.32 Å². The van der Waals surface area contributed by atoms with Crippen LogP contribution in [0.25, 0.3) is 43.2 Å². The highest BCUT2D eigenvalue weighted by Gasteiger charge is 2.37. The summed E-state index contributed by atoms with van der Waals surface area (Å²) < 4.78 is 4.82. The Labute approximate surface area is 376 Å². The van der Waals surface area contributed by atoms with E-state index in [0.717, 1.165) is 82.6 Å². The average molecular weight is 876 g/mol. The van der Waals surface area contributed by atoms with Gasteiger partial charge in [0.05, 0.1) is 42.4 Å². The SMILES string of the molecule is CC.CC.CC.CC=O.COC(=O)NC(C(=O)N1CCCC1c1nc2ccc(-c3ccc(-c4ccc(-c5cnc[nH]5)cc4)s3)cc2[nH]1)c1ccccc1.O=C1CCCC2CCCN12. The van der Waals surface area contributed by atoms with Crippen molar-refractivity contribution in [2.24, 2.45) is 0 Å². The number of methoxy groups -OCH3 is 1. The van der Waals surface area contributed by atoms with Crippen LogP contribution in [0.1, 0.15) is 117 Å². The number of piperidine rings is 1. The second-order valence-corrected chi connectivity index (χ2v) is 15.3. The third-order valence-corrected chi connectivity index (χ3v) is 11.9. The van der Waals surface area contributed by atoms with Gasteiger partial charge in [-0.3, -0.25) is 9.59 Å². The largest absolute Gasteiger partial charge is 0.453 e. The molecular weight excluding hydrogens is 811 g/mol. The lowest BCUT2D eigenvalue weighted by Crippen LogP contribution is -2.42. The van der Waals surface area contributed by atoms with Crippen molar-refractivity contribution < 1.29 is 23.9 Å². The standard InChI is InChI=1S/C34H30N6O3S.C8H13NO.C2H4O.3C2H6/c1-43-34(42)39-31(23-6-3-2-4-7-23)33(41)40-17-5-8-28(40)32-37-25-14-13-24(18-26(25)38-32)30-16-15-29(44-30)22-11-9-21(10-12-22)27-19-35-20-36-27;10-8-5-1-3-7-4-2-6-9(7)8;1-2-3;3*1-2/h2-4,6-7,9-16,18-20,28,31H,5,8,17H2,1H3,(H,35,36)(H,37,38)(H,39,42);7H,1-6H2;2H,1H3;3*1-2H3. The Kier molecular flexibility index (Phi) is 20.3. The number of rotatable bonds is 7. The van der Waals surface area contributed by atoms with E-state index in [1.165, 1.54) is 38.2 Å². The van der Waals surface area contributed by atoms with Gasteiger partial charge in [0, 0.05) is 35.3 Å². The Morgan fingerprint density at radius 1 is 0.841 bits per heavy atom. The Bertz CT molecular complexity index is 2290. The molecule has 9 rings (SSSR count). The molecule has 3 unspecified atom stereocenters. The van der Waals surface area contributed by atoms with Gasteiger partial charge in [0.1, 0.15) is 18.2 Å². The van der Waals surface area contributed by atoms with Gasteiger partial charge < -0.3 is 34.6 Å². The van der Waals surface area contributed by atoms with Crippen molar-refractivity contribution in [2.75, 3.05) is 20.2 Å². The van der Waals surface area contributed by atoms with Gasteiger partial charge in [0.25, 0.3) is 5.91 Å². The Morgan fingerprint density at radius 2 is 1.48 bits per heavy atom. The molecule has 3 aliphatic rings. The van der Waals surface area contributed by atoms with E-state index in [1.807, 2.05) is 89.0 Å². The summed E-state index contributed by atoms with van der Waals surface area (Å²) in [5, 5.41) is 2.72. The summed E-state index contributed by atoms with van der Waals surface area (Å²) in [5.41, 5.74) is 6.83. The predicted octanol–water partition coefficient (Wildman–Crippen LogP) is 11.6. The second kappa shape index (κ2) is 25.8. The number of aromatic amines is 2. The lowest BCUT2D eigenvalue weighted by atomic mass is 10.0. The summed E-state index contributed by atoms with van der Waals surface area (Å²) in [6.07, 6.45) is 10.9. The highest BCUT2D eigenvalue weighted by atomic mass is 32.1. The molecule has 0 radical (unpaired) electrons. The van der Waals surface area contributed by atoms with Crippen molar-refractivity contribution in [3.63, 3.8) is 0 Å². The first-order valence-corrected chi connectivity index (χ1v) is 23.3. The van der Waals surface area contributed by atoms with E-state index in [1.54, 1.807) is 17.7 Å². The minimum absolute atomic E-state index is 0.186. The molecule has 0 aliphatic carbocycles. The minimum Gasteiger partial charge on any atom is -0.453 e. The number of ether oxygens (including phenoxy) is 1. The zero-order valence-corrected chi connectivity index (χ0v) is 39.0. The number of carbonyl (C=O) groups is 4.